The van der Waals surface area contributed by atoms with Crippen LogP contribution in [-0.2, 0) is 0 Å². The van der Waals surface area contributed by atoms with E-state index in [-0.39, 0.29) is 6.10 Å². The van der Waals surface area contributed by atoms with Crippen LogP contribution in [0.25, 0.3) is 0 Å². The van der Waals surface area contributed by atoms with Gasteiger partial charge in [0.2, 0.25) is 0 Å². The average Bonchev–Trinajstić information content (AvgIpc) is 2.22. The third-order valence-corrected chi connectivity index (χ3v) is 3.80. The van der Waals surface area contributed by atoms with E-state index in [2.05, 4.69) is 19.2 Å². The van der Waals surface area contributed by atoms with Crippen molar-refractivity contribution in [1.82, 2.24) is 5.32 Å². The maximum Gasteiger partial charge on any atom is 0.0538 e. The van der Waals surface area contributed by atoms with Gasteiger partial charge in [0.15, 0.2) is 0 Å². The topological polar surface area (TPSA) is 32.3 Å². The molecule has 1 aliphatic rings. The maximum absolute atomic E-state index is 9.45. The summed E-state index contributed by atoms with van der Waals surface area (Å²) in [5.74, 6) is 1.75. The van der Waals surface area contributed by atoms with Gasteiger partial charge in [-0.05, 0) is 56.9 Å². The summed E-state index contributed by atoms with van der Waals surface area (Å²) >= 11 is 0. The molecule has 1 rings (SSSR count). The first-order chi connectivity index (χ1) is 7.61. The van der Waals surface area contributed by atoms with Gasteiger partial charge in [-0.3, -0.25) is 0 Å². The molecular formula is C14H29NO. The molecule has 1 saturated carbocycles. The molecule has 96 valence electrons. The summed E-state index contributed by atoms with van der Waals surface area (Å²) in [6.07, 6.45) is 6.91. The highest BCUT2D eigenvalue weighted by Gasteiger charge is 2.23. The summed E-state index contributed by atoms with van der Waals surface area (Å²) in [5.41, 5.74) is 0. The fourth-order valence-electron chi connectivity index (χ4n) is 2.96. The normalized spacial score (nSPS) is 32.6. The minimum Gasteiger partial charge on any atom is -0.393 e. The van der Waals surface area contributed by atoms with Crippen LogP contribution in [0.4, 0.5) is 0 Å². The molecule has 0 bridgehead atoms. The Kier molecular flexibility index (Phi) is 6.37. The second-order valence-corrected chi connectivity index (χ2v) is 5.77. The molecular weight excluding hydrogens is 198 g/mol. The zero-order valence-corrected chi connectivity index (χ0v) is 11.2. The van der Waals surface area contributed by atoms with Crippen LogP contribution in [0.15, 0.2) is 0 Å². The van der Waals surface area contributed by atoms with Crippen LogP contribution >= 0.6 is 0 Å². The lowest BCUT2D eigenvalue weighted by atomic mass is 9.80. The van der Waals surface area contributed by atoms with E-state index >= 15 is 0 Å². The first-order valence-electron chi connectivity index (χ1n) is 7.03. The highest BCUT2D eigenvalue weighted by molar-refractivity contribution is 4.79. The zero-order valence-electron chi connectivity index (χ0n) is 11.2. The number of hydrogen-bond donors (Lipinski definition) is 2. The van der Waals surface area contributed by atoms with E-state index in [1.807, 2.05) is 6.92 Å². The Balaban J connectivity index is 2.08. The van der Waals surface area contributed by atoms with Gasteiger partial charge in [0, 0.05) is 6.04 Å². The second kappa shape index (κ2) is 7.29. The van der Waals surface area contributed by atoms with Gasteiger partial charge in [0.25, 0.3) is 0 Å². The van der Waals surface area contributed by atoms with Gasteiger partial charge < -0.3 is 10.4 Å². The third kappa shape index (κ3) is 5.31. The average molecular weight is 227 g/mol. The Labute approximate surface area is 101 Å². The van der Waals surface area contributed by atoms with Crippen molar-refractivity contribution in [3.63, 3.8) is 0 Å². The van der Waals surface area contributed by atoms with Crippen molar-refractivity contribution in [2.24, 2.45) is 11.8 Å². The van der Waals surface area contributed by atoms with E-state index in [9.17, 15) is 5.11 Å². The summed E-state index contributed by atoms with van der Waals surface area (Å²) in [5, 5.41) is 13.1. The van der Waals surface area contributed by atoms with Crippen molar-refractivity contribution in [3.8, 4) is 0 Å². The summed E-state index contributed by atoms with van der Waals surface area (Å²) in [4.78, 5) is 0. The molecule has 2 N–H and O–H groups in total. The first-order valence-corrected chi connectivity index (χ1v) is 7.03. The van der Waals surface area contributed by atoms with Crippen molar-refractivity contribution >= 4 is 0 Å². The molecule has 2 nitrogen and oxygen atoms in total. The lowest BCUT2D eigenvalue weighted by molar-refractivity contribution is 0.155. The van der Waals surface area contributed by atoms with Crippen molar-refractivity contribution in [3.05, 3.63) is 0 Å². The minimum absolute atomic E-state index is 0.0917. The molecule has 0 radical (unpaired) electrons. The summed E-state index contributed by atoms with van der Waals surface area (Å²) in [6.45, 7) is 7.85. The van der Waals surface area contributed by atoms with E-state index in [0.29, 0.717) is 0 Å². The van der Waals surface area contributed by atoms with Gasteiger partial charge in [0.1, 0.15) is 0 Å². The fourth-order valence-corrected chi connectivity index (χ4v) is 2.96. The quantitative estimate of drug-likeness (QED) is 0.684. The molecule has 0 aromatic heterocycles. The Hall–Kier alpha value is -0.0800. The van der Waals surface area contributed by atoms with E-state index in [1.54, 1.807) is 0 Å². The van der Waals surface area contributed by atoms with Gasteiger partial charge in [0.05, 0.1) is 6.10 Å². The number of hydrogen-bond acceptors (Lipinski definition) is 2. The number of aliphatic hydroxyl groups is 1. The largest absolute Gasteiger partial charge is 0.393 e. The molecule has 3 unspecified atom stereocenters. The van der Waals surface area contributed by atoms with Gasteiger partial charge in [-0.25, -0.2) is 0 Å². The third-order valence-electron chi connectivity index (χ3n) is 3.80. The van der Waals surface area contributed by atoms with Crippen LogP contribution in [0.1, 0.15) is 59.3 Å². The lowest BCUT2D eigenvalue weighted by Crippen LogP contribution is -2.37. The molecule has 1 aliphatic carbocycles. The van der Waals surface area contributed by atoms with Crippen LogP contribution in [-0.4, -0.2) is 23.8 Å². The van der Waals surface area contributed by atoms with E-state index < -0.39 is 0 Å². The monoisotopic (exact) mass is 227 g/mol. The smallest absolute Gasteiger partial charge is 0.0538 e. The fraction of sp³-hybridized carbons (Fsp3) is 1.00. The maximum atomic E-state index is 9.45. The summed E-state index contributed by atoms with van der Waals surface area (Å²) in [7, 11) is 0. The summed E-state index contributed by atoms with van der Waals surface area (Å²) in [6, 6.07) is 0.720. The minimum atomic E-state index is -0.0917. The second-order valence-electron chi connectivity index (χ2n) is 5.77. The SMILES string of the molecule is CCC(O)CCCNC1CC(C)CC(C)C1. The van der Waals surface area contributed by atoms with Crippen molar-refractivity contribution in [2.75, 3.05) is 6.54 Å². The van der Waals surface area contributed by atoms with Crippen LogP contribution in [0.3, 0.4) is 0 Å². The van der Waals surface area contributed by atoms with Gasteiger partial charge >= 0.3 is 0 Å². The molecule has 2 heteroatoms. The van der Waals surface area contributed by atoms with Gasteiger partial charge in [-0.2, -0.15) is 0 Å². The predicted octanol–water partition coefficient (Wildman–Crippen LogP) is 2.95. The Morgan fingerprint density at radius 3 is 2.38 bits per heavy atom. The van der Waals surface area contributed by atoms with Gasteiger partial charge in [-0.15, -0.1) is 0 Å². The van der Waals surface area contributed by atoms with Crippen molar-refractivity contribution in [1.29, 1.82) is 0 Å². The molecule has 0 aliphatic heterocycles. The highest BCUT2D eigenvalue weighted by Crippen LogP contribution is 2.28. The highest BCUT2D eigenvalue weighted by atomic mass is 16.3. The van der Waals surface area contributed by atoms with Crippen molar-refractivity contribution in [2.45, 2.75) is 71.4 Å². The Morgan fingerprint density at radius 1 is 1.19 bits per heavy atom. The van der Waals surface area contributed by atoms with Crippen molar-refractivity contribution < 1.29 is 5.11 Å². The predicted molar refractivity (Wildman–Crippen MR) is 69.5 cm³/mol. The standard InChI is InChI=1S/C14H29NO/c1-4-14(16)6-5-7-15-13-9-11(2)8-12(3)10-13/h11-16H,4-10H2,1-3H3. The summed E-state index contributed by atoms with van der Waals surface area (Å²) < 4.78 is 0. The van der Waals surface area contributed by atoms with Gasteiger partial charge in [-0.1, -0.05) is 20.8 Å². The number of aliphatic hydroxyl groups excluding tert-OH is 1. The Bertz CT molecular complexity index is 174. The lowest BCUT2D eigenvalue weighted by Gasteiger charge is -2.32. The van der Waals surface area contributed by atoms with Crippen LogP contribution in [0.2, 0.25) is 0 Å². The molecule has 16 heavy (non-hydrogen) atoms. The number of rotatable bonds is 6. The van der Waals surface area contributed by atoms with Crippen LogP contribution in [0.5, 0.6) is 0 Å². The molecule has 3 atom stereocenters. The molecule has 0 heterocycles. The molecule has 0 spiro atoms. The molecule has 0 saturated heterocycles. The van der Waals surface area contributed by atoms with Crippen LogP contribution < -0.4 is 5.32 Å². The Morgan fingerprint density at radius 2 is 1.81 bits per heavy atom. The van der Waals surface area contributed by atoms with E-state index in [1.165, 1.54) is 19.3 Å². The molecule has 0 aromatic rings. The molecule has 0 amide bonds. The number of nitrogens with one attached hydrogen (secondary N) is 1. The van der Waals surface area contributed by atoms with E-state index in [0.717, 1.165) is 43.7 Å². The zero-order chi connectivity index (χ0) is 12.0. The van der Waals surface area contributed by atoms with Crippen LogP contribution in [0, 0.1) is 11.8 Å². The molecule has 1 fully saturated rings. The first kappa shape index (κ1) is 14.0. The molecule has 0 aromatic carbocycles. The van der Waals surface area contributed by atoms with E-state index in [4.69, 9.17) is 0 Å².